The van der Waals surface area contributed by atoms with Crippen LogP contribution in [0.25, 0.3) is 0 Å². The molecule has 20 heavy (non-hydrogen) atoms. The molecule has 0 saturated heterocycles. The van der Waals surface area contributed by atoms with Crippen LogP contribution in [-0.2, 0) is 14.3 Å². The molecule has 1 heterocycles. The van der Waals surface area contributed by atoms with Crippen LogP contribution in [0.3, 0.4) is 0 Å². The zero-order valence-electron chi connectivity index (χ0n) is 12.0. The second kappa shape index (κ2) is 5.60. The van der Waals surface area contributed by atoms with Crippen LogP contribution < -0.4 is 5.01 Å². The van der Waals surface area contributed by atoms with E-state index in [1.165, 1.54) is 14.0 Å². The van der Waals surface area contributed by atoms with Gasteiger partial charge in [-0.3, -0.25) is 4.79 Å². The van der Waals surface area contributed by atoms with Gasteiger partial charge in [0.1, 0.15) is 5.78 Å². The van der Waals surface area contributed by atoms with Crippen LogP contribution in [0.15, 0.2) is 18.2 Å². The number of Topliss-reactive ketones (excluding diaryl/α,β-unsaturated/α-hetero) is 1. The van der Waals surface area contributed by atoms with Crippen LogP contribution in [0.5, 0.6) is 0 Å². The number of hydrogen-bond acceptors (Lipinski definition) is 6. The molecular weight excluding hydrogens is 260 g/mol. The Morgan fingerprint density at radius 2 is 2.00 bits per heavy atom. The van der Waals surface area contributed by atoms with Crippen LogP contribution in [0.2, 0.25) is 0 Å². The molecule has 1 aromatic rings. The number of ketones is 1. The van der Waals surface area contributed by atoms with E-state index < -0.39 is 0 Å². The summed E-state index contributed by atoms with van der Waals surface area (Å²) in [6, 6.07) is 5.27. The van der Waals surface area contributed by atoms with Gasteiger partial charge in [0.2, 0.25) is 0 Å². The van der Waals surface area contributed by atoms with Gasteiger partial charge in [-0.15, -0.1) is 0 Å². The molecule has 1 aliphatic heterocycles. The van der Waals surface area contributed by atoms with Gasteiger partial charge < -0.3 is 14.5 Å². The van der Waals surface area contributed by atoms with E-state index in [0.717, 1.165) is 11.3 Å². The maximum absolute atomic E-state index is 11.6. The molecule has 0 radical (unpaired) electrons. The Morgan fingerprint density at radius 3 is 2.55 bits per heavy atom. The van der Waals surface area contributed by atoms with E-state index in [4.69, 9.17) is 9.47 Å². The normalized spacial score (nSPS) is 18.0. The molecule has 1 atom stereocenters. The molecule has 6 heteroatoms. The molecule has 1 aromatic carbocycles. The summed E-state index contributed by atoms with van der Waals surface area (Å²) in [5.41, 5.74) is 2.22. The smallest absolute Gasteiger partial charge is 0.337 e. The number of hydrogen-bond donors (Lipinski definition) is 0. The van der Waals surface area contributed by atoms with Crippen molar-refractivity contribution in [1.82, 2.24) is 5.01 Å². The molecule has 0 saturated carbocycles. The Hall–Kier alpha value is -1.92. The van der Waals surface area contributed by atoms with E-state index in [9.17, 15) is 9.59 Å². The first-order chi connectivity index (χ1) is 9.49. The summed E-state index contributed by atoms with van der Waals surface area (Å²) in [4.78, 5) is 23.0. The van der Waals surface area contributed by atoms with Crippen LogP contribution >= 0.6 is 0 Å². The van der Waals surface area contributed by atoms with Crippen molar-refractivity contribution in [2.45, 2.75) is 13.2 Å². The predicted octanol–water partition coefficient (Wildman–Crippen LogP) is 1.37. The first-order valence-corrected chi connectivity index (χ1v) is 6.24. The van der Waals surface area contributed by atoms with E-state index in [1.54, 1.807) is 19.2 Å². The Labute approximate surface area is 117 Å². The highest BCUT2D eigenvalue weighted by Crippen LogP contribution is 2.39. The second-order valence-electron chi connectivity index (χ2n) is 4.68. The number of rotatable bonds is 4. The summed E-state index contributed by atoms with van der Waals surface area (Å²) in [6.07, 6.45) is -0.328. The number of methoxy groups -OCH3 is 2. The standard InChI is InChI=1S/C14H18N2O4/c1-9(17)8-16-13(19-3)11-6-5-10(14(18)20-4)7-12(11)15(16)2/h5-7,13H,8H2,1-4H3. The van der Waals surface area contributed by atoms with Crippen molar-refractivity contribution in [3.63, 3.8) is 0 Å². The van der Waals surface area contributed by atoms with Gasteiger partial charge in [-0.05, 0) is 19.1 Å². The fraction of sp³-hybridized carbons (Fsp3) is 0.429. The summed E-state index contributed by atoms with van der Waals surface area (Å²) >= 11 is 0. The van der Waals surface area contributed by atoms with Gasteiger partial charge in [-0.25, -0.2) is 4.79 Å². The maximum Gasteiger partial charge on any atom is 0.337 e. The van der Waals surface area contributed by atoms with Crippen molar-refractivity contribution in [2.75, 3.05) is 32.8 Å². The molecule has 2 rings (SSSR count). The molecule has 0 aromatic heterocycles. The number of anilines is 1. The van der Waals surface area contributed by atoms with E-state index in [-0.39, 0.29) is 24.5 Å². The van der Waals surface area contributed by atoms with Gasteiger partial charge >= 0.3 is 5.97 Å². The highest BCUT2D eigenvalue weighted by Gasteiger charge is 2.35. The number of carbonyl (C=O) groups is 2. The number of nitrogens with zero attached hydrogens (tertiary/aromatic N) is 2. The van der Waals surface area contributed by atoms with Gasteiger partial charge in [-0.2, -0.15) is 5.01 Å². The molecule has 1 aliphatic rings. The van der Waals surface area contributed by atoms with Gasteiger partial charge in [-0.1, -0.05) is 6.07 Å². The molecule has 0 aliphatic carbocycles. The van der Waals surface area contributed by atoms with Crippen molar-refractivity contribution >= 4 is 17.4 Å². The van der Waals surface area contributed by atoms with Crippen LogP contribution in [0.1, 0.15) is 29.1 Å². The Kier molecular flexibility index (Phi) is 4.06. The minimum Gasteiger partial charge on any atom is -0.465 e. The fourth-order valence-corrected chi connectivity index (χ4v) is 2.40. The predicted molar refractivity (Wildman–Crippen MR) is 73.3 cm³/mol. The molecular formula is C14H18N2O4. The topological polar surface area (TPSA) is 59.1 Å². The third-order valence-corrected chi connectivity index (χ3v) is 3.33. The molecule has 1 unspecified atom stereocenters. The molecule has 0 bridgehead atoms. The number of esters is 1. The Morgan fingerprint density at radius 1 is 1.30 bits per heavy atom. The van der Waals surface area contributed by atoms with Crippen molar-refractivity contribution in [2.24, 2.45) is 0 Å². The summed E-state index contributed by atoms with van der Waals surface area (Å²) in [7, 11) is 4.77. The molecule has 6 nitrogen and oxygen atoms in total. The quantitative estimate of drug-likeness (QED) is 0.775. The number of carbonyl (C=O) groups excluding carboxylic acids is 2. The third-order valence-electron chi connectivity index (χ3n) is 3.33. The van der Waals surface area contributed by atoms with Gasteiger partial charge in [0.05, 0.1) is 24.9 Å². The highest BCUT2D eigenvalue weighted by molar-refractivity contribution is 5.91. The lowest BCUT2D eigenvalue weighted by atomic mass is 10.1. The monoisotopic (exact) mass is 278 g/mol. The largest absolute Gasteiger partial charge is 0.465 e. The van der Waals surface area contributed by atoms with Crippen molar-refractivity contribution in [3.8, 4) is 0 Å². The number of ether oxygens (including phenoxy) is 2. The van der Waals surface area contributed by atoms with Gasteiger partial charge in [0.15, 0.2) is 6.23 Å². The van der Waals surface area contributed by atoms with Crippen molar-refractivity contribution in [1.29, 1.82) is 0 Å². The first-order valence-electron chi connectivity index (χ1n) is 6.24. The van der Waals surface area contributed by atoms with Crippen LogP contribution in [-0.4, -0.2) is 44.6 Å². The Bertz CT molecular complexity index is 544. The lowest BCUT2D eigenvalue weighted by Gasteiger charge is -2.29. The second-order valence-corrected chi connectivity index (χ2v) is 4.68. The molecule has 0 amide bonds. The number of benzene rings is 1. The van der Waals surface area contributed by atoms with Crippen LogP contribution in [0.4, 0.5) is 5.69 Å². The van der Waals surface area contributed by atoms with E-state index in [2.05, 4.69) is 0 Å². The molecule has 108 valence electrons. The highest BCUT2D eigenvalue weighted by atomic mass is 16.5. The first kappa shape index (κ1) is 14.5. The van der Waals surface area contributed by atoms with Crippen molar-refractivity contribution in [3.05, 3.63) is 29.3 Å². The third kappa shape index (κ3) is 2.39. The van der Waals surface area contributed by atoms with Gasteiger partial charge in [0.25, 0.3) is 0 Å². The van der Waals surface area contributed by atoms with Crippen molar-refractivity contribution < 1.29 is 19.1 Å². The summed E-state index contributed by atoms with van der Waals surface area (Å²) < 4.78 is 10.2. The summed E-state index contributed by atoms with van der Waals surface area (Å²) in [5.74, 6) is -0.347. The number of hydrazine groups is 1. The lowest BCUT2D eigenvalue weighted by Crippen LogP contribution is -2.40. The minimum atomic E-state index is -0.389. The molecule has 0 spiro atoms. The van der Waals surface area contributed by atoms with E-state index in [1.807, 2.05) is 23.1 Å². The minimum absolute atomic E-state index is 0.0416. The fourth-order valence-electron chi connectivity index (χ4n) is 2.40. The average Bonchev–Trinajstić information content (AvgIpc) is 2.69. The SMILES string of the molecule is COC(=O)c1ccc2c(c1)N(C)N(CC(C)=O)C2OC. The maximum atomic E-state index is 11.6. The Balaban J connectivity index is 2.40. The summed E-state index contributed by atoms with van der Waals surface area (Å²) in [5, 5.41) is 3.64. The van der Waals surface area contributed by atoms with Crippen LogP contribution in [0, 0.1) is 0 Å². The van der Waals surface area contributed by atoms with E-state index in [0.29, 0.717) is 5.56 Å². The summed E-state index contributed by atoms with van der Waals surface area (Å²) in [6.45, 7) is 1.78. The zero-order valence-corrected chi connectivity index (χ0v) is 12.0. The zero-order chi connectivity index (χ0) is 14.9. The number of fused-ring (bicyclic) bond motifs is 1. The van der Waals surface area contributed by atoms with Gasteiger partial charge in [0, 0.05) is 19.7 Å². The molecule has 0 N–H and O–H groups in total. The lowest BCUT2D eigenvalue weighted by molar-refractivity contribution is -0.122. The average molecular weight is 278 g/mol. The molecule has 0 fully saturated rings. The van der Waals surface area contributed by atoms with E-state index >= 15 is 0 Å².